The Morgan fingerprint density at radius 1 is 0.971 bits per heavy atom. The second-order valence-electron chi connectivity index (χ2n) is 7.78. The number of aromatic nitrogens is 2. The fourth-order valence-electron chi connectivity index (χ4n) is 3.77. The standard InChI is InChI=1S/C25H23F3N2O3S/c1-3-7-22-23(30-15-6-10-21(24(30)29-22)25(26,27)28)17-11-13-18(14-12-17)33-19-8-5-9-20(16-19)34(31,32)4-2/h5-6,8-16H,3-4,7H2,1-2H3. The minimum atomic E-state index is -4.51. The SMILES string of the molecule is CCCc1nc2c(C(F)(F)F)cccn2c1-c1ccc(Oc2cccc(S(=O)(=O)CC)c2)cc1. The first-order valence-electron chi connectivity index (χ1n) is 10.8. The number of fused-ring (bicyclic) bond motifs is 1. The second-order valence-corrected chi connectivity index (χ2v) is 10.1. The highest BCUT2D eigenvalue weighted by atomic mass is 32.2. The van der Waals surface area contributed by atoms with Gasteiger partial charge in [-0.05, 0) is 61.0 Å². The Hall–Kier alpha value is -3.33. The molecule has 4 aromatic rings. The van der Waals surface area contributed by atoms with Crippen molar-refractivity contribution in [3.8, 4) is 22.8 Å². The fraction of sp³-hybridized carbons (Fsp3) is 0.240. The summed E-state index contributed by atoms with van der Waals surface area (Å²) in [4.78, 5) is 4.51. The average molecular weight is 489 g/mol. The Kier molecular flexibility index (Phi) is 6.40. The summed E-state index contributed by atoms with van der Waals surface area (Å²) in [5.41, 5.74) is 0.990. The molecule has 0 saturated carbocycles. The van der Waals surface area contributed by atoms with E-state index < -0.39 is 21.6 Å². The number of pyridine rings is 1. The number of imidazole rings is 1. The summed E-state index contributed by atoms with van der Waals surface area (Å²) in [5, 5.41) is 0. The molecule has 2 aromatic heterocycles. The van der Waals surface area contributed by atoms with E-state index in [1.807, 2.05) is 6.92 Å². The zero-order valence-corrected chi connectivity index (χ0v) is 19.4. The van der Waals surface area contributed by atoms with Crippen molar-refractivity contribution in [2.75, 3.05) is 5.75 Å². The molecule has 0 fully saturated rings. The fourth-order valence-corrected chi connectivity index (χ4v) is 4.68. The van der Waals surface area contributed by atoms with Gasteiger partial charge in [0.15, 0.2) is 9.84 Å². The molecule has 178 valence electrons. The van der Waals surface area contributed by atoms with Crippen molar-refractivity contribution in [2.24, 2.45) is 0 Å². The number of alkyl halides is 3. The molecule has 34 heavy (non-hydrogen) atoms. The molecule has 4 rings (SSSR count). The van der Waals surface area contributed by atoms with Gasteiger partial charge in [-0.15, -0.1) is 0 Å². The molecule has 2 heterocycles. The van der Waals surface area contributed by atoms with E-state index in [1.165, 1.54) is 22.6 Å². The number of nitrogens with zero attached hydrogens (tertiary/aromatic N) is 2. The molecule has 0 unspecified atom stereocenters. The Bertz CT molecular complexity index is 1430. The van der Waals surface area contributed by atoms with Gasteiger partial charge in [0, 0.05) is 11.8 Å². The highest BCUT2D eigenvalue weighted by Gasteiger charge is 2.34. The van der Waals surface area contributed by atoms with Crippen LogP contribution in [-0.4, -0.2) is 23.6 Å². The third kappa shape index (κ3) is 4.65. The van der Waals surface area contributed by atoms with Crippen LogP contribution < -0.4 is 4.74 Å². The highest BCUT2D eigenvalue weighted by Crippen LogP contribution is 2.36. The molecule has 5 nitrogen and oxygen atoms in total. The van der Waals surface area contributed by atoms with Crippen molar-refractivity contribution in [3.05, 3.63) is 78.1 Å². The van der Waals surface area contributed by atoms with Crippen LogP contribution in [0.15, 0.2) is 71.8 Å². The lowest BCUT2D eigenvalue weighted by molar-refractivity contribution is -0.136. The first-order valence-corrected chi connectivity index (χ1v) is 12.5. The van der Waals surface area contributed by atoms with Gasteiger partial charge in [0.25, 0.3) is 0 Å². The number of hydrogen-bond donors (Lipinski definition) is 0. The number of aryl methyl sites for hydroxylation is 1. The smallest absolute Gasteiger partial charge is 0.419 e. The molecular formula is C25H23F3N2O3S. The van der Waals surface area contributed by atoms with Crippen LogP contribution >= 0.6 is 0 Å². The molecule has 0 saturated heterocycles. The lowest BCUT2D eigenvalue weighted by Gasteiger charge is -2.10. The quantitative estimate of drug-likeness (QED) is 0.296. The number of hydrogen-bond acceptors (Lipinski definition) is 4. The molecule has 0 bridgehead atoms. The summed E-state index contributed by atoms with van der Waals surface area (Å²) in [6.07, 6.45) is -1.66. The molecule has 0 amide bonds. The molecule has 0 aliphatic heterocycles. The van der Waals surface area contributed by atoms with E-state index in [0.29, 0.717) is 34.9 Å². The maximum absolute atomic E-state index is 13.5. The van der Waals surface area contributed by atoms with Crippen molar-refractivity contribution in [2.45, 2.75) is 37.8 Å². The van der Waals surface area contributed by atoms with Gasteiger partial charge in [-0.25, -0.2) is 13.4 Å². The summed E-state index contributed by atoms with van der Waals surface area (Å²) in [6, 6.07) is 15.6. The minimum absolute atomic E-state index is 0.0133. The van der Waals surface area contributed by atoms with E-state index in [2.05, 4.69) is 4.98 Å². The van der Waals surface area contributed by atoms with E-state index in [0.717, 1.165) is 12.5 Å². The molecule has 0 N–H and O–H groups in total. The number of sulfone groups is 1. The number of benzene rings is 2. The third-order valence-corrected chi connectivity index (χ3v) is 7.15. The first-order chi connectivity index (χ1) is 16.1. The van der Waals surface area contributed by atoms with Crippen LogP contribution in [0.3, 0.4) is 0 Å². The van der Waals surface area contributed by atoms with Crippen molar-refractivity contribution >= 4 is 15.5 Å². The van der Waals surface area contributed by atoms with E-state index in [1.54, 1.807) is 49.5 Å². The van der Waals surface area contributed by atoms with E-state index >= 15 is 0 Å². The van der Waals surface area contributed by atoms with Crippen LogP contribution in [-0.2, 0) is 22.4 Å². The highest BCUT2D eigenvalue weighted by molar-refractivity contribution is 7.91. The van der Waals surface area contributed by atoms with E-state index in [4.69, 9.17) is 4.74 Å². The van der Waals surface area contributed by atoms with Crippen LogP contribution in [0.25, 0.3) is 16.9 Å². The number of ether oxygens (including phenoxy) is 1. The van der Waals surface area contributed by atoms with Gasteiger partial charge in [-0.1, -0.05) is 26.3 Å². The van der Waals surface area contributed by atoms with Gasteiger partial charge in [0.2, 0.25) is 0 Å². The molecule has 0 atom stereocenters. The van der Waals surface area contributed by atoms with Gasteiger partial charge in [-0.3, -0.25) is 4.40 Å². The molecular weight excluding hydrogens is 465 g/mol. The van der Waals surface area contributed by atoms with Crippen molar-refractivity contribution in [3.63, 3.8) is 0 Å². The molecule has 0 aliphatic carbocycles. The topological polar surface area (TPSA) is 60.7 Å². The van der Waals surface area contributed by atoms with E-state index in [9.17, 15) is 21.6 Å². The van der Waals surface area contributed by atoms with Gasteiger partial charge < -0.3 is 4.74 Å². The number of rotatable bonds is 7. The Balaban J connectivity index is 1.70. The molecule has 9 heteroatoms. The van der Waals surface area contributed by atoms with Gasteiger partial charge in [0.1, 0.15) is 17.1 Å². The summed E-state index contributed by atoms with van der Waals surface area (Å²) >= 11 is 0. The predicted octanol–water partition coefficient (Wildman–Crippen LogP) is 6.56. The van der Waals surface area contributed by atoms with Crippen LogP contribution in [0.4, 0.5) is 13.2 Å². The Labute approximate surface area is 195 Å². The molecule has 2 aromatic carbocycles. The van der Waals surface area contributed by atoms with Crippen molar-refractivity contribution in [1.82, 2.24) is 9.38 Å². The first kappa shape index (κ1) is 23.8. The van der Waals surface area contributed by atoms with Crippen molar-refractivity contribution in [1.29, 1.82) is 0 Å². The Morgan fingerprint density at radius 2 is 1.71 bits per heavy atom. The Morgan fingerprint density at radius 3 is 2.35 bits per heavy atom. The minimum Gasteiger partial charge on any atom is -0.457 e. The maximum atomic E-state index is 13.5. The lowest BCUT2D eigenvalue weighted by atomic mass is 10.1. The predicted molar refractivity (Wildman–Crippen MR) is 124 cm³/mol. The van der Waals surface area contributed by atoms with Gasteiger partial charge in [-0.2, -0.15) is 13.2 Å². The van der Waals surface area contributed by atoms with Gasteiger partial charge in [0.05, 0.1) is 27.6 Å². The monoisotopic (exact) mass is 488 g/mol. The molecule has 0 spiro atoms. The second kappa shape index (κ2) is 9.13. The van der Waals surface area contributed by atoms with Crippen LogP contribution in [0.5, 0.6) is 11.5 Å². The van der Waals surface area contributed by atoms with Crippen LogP contribution in [0.2, 0.25) is 0 Å². The van der Waals surface area contributed by atoms with Crippen molar-refractivity contribution < 1.29 is 26.3 Å². The lowest BCUT2D eigenvalue weighted by Crippen LogP contribution is -2.07. The van der Waals surface area contributed by atoms with Gasteiger partial charge >= 0.3 is 6.18 Å². The summed E-state index contributed by atoms with van der Waals surface area (Å²) in [6.45, 7) is 3.52. The normalized spacial score (nSPS) is 12.3. The zero-order valence-electron chi connectivity index (χ0n) is 18.6. The van der Waals surface area contributed by atoms with Crippen LogP contribution in [0.1, 0.15) is 31.5 Å². The summed E-state index contributed by atoms with van der Waals surface area (Å²) in [7, 11) is -3.36. The molecule has 0 radical (unpaired) electrons. The van der Waals surface area contributed by atoms with Crippen LogP contribution in [0, 0.1) is 0 Å². The largest absolute Gasteiger partial charge is 0.457 e. The average Bonchev–Trinajstić information content (AvgIpc) is 3.17. The molecule has 0 aliphatic rings. The summed E-state index contributed by atoms with van der Waals surface area (Å²) < 4.78 is 72.1. The number of halogens is 3. The zero-order chi connectivity index (χ0) is 24.5. The maximum Gasteiger partial charge on any atom is 0.419 e. The third-order valence-electron chi connectivity index (χ3n) is 5.42. The summed E-state index contributed by atoms with van der Waals surface area (Å²) in [5.74, 6) is 0.829. The van der Waals surface area contributed by atoms with E-state index in [-0.39, 0.29) is 16.3 Å².